The van der Waals surface area contributed by atoms with Crippen molar-refractivity contribution in [2.45, 2.75) is 25.2 Å². The van der Waals surface area contributed by atoms with Crippen LogP contribution < -0.4 is 0 Å². The topological polar surface area (TPSA) is 30.2 Å². The Morgan fingerprint density at radius 3 is 2.83 bits per heavy atom. The molecule has 0 spiro atoms. The number of carbonyl (C=O) groups is 1. The van der Waals surface area contributed by atoms with Crippen LogP contribution >= 0.6 is 15.9 Å². The molecule has 1 aromatic rings. The van der Waals surface area contributed by atoms with Crippen molar-refractivity contribution in [2.75, 3.05) is 0 Å². The van der Waals surface area contributed by atoms with E-state index in [9.17, 15) is 4.79 Å². The van der Waals surface area contributed by atoms with Crippen LogP contribution in [0.2, 0.25) is 0 Å². The fraction of sp³-hybridized carbons (Fsp3) is 0.444. The van der Waals surface area contributed by atoms with Gasteiger partial charge in [0, 0.05) is 6.42 Å². The van der Waals surface area contributed by atoms with Crippen LogP contribution in [0.5, 0.6) is 0 Å². The molecule has 1 aliphatic rings. The Labute approximate surface area is 79.1 Å². The van der Waals surface area contributed by atoms with E-state index in [-0.39, 0.29) is 5.92 Å². The molecule has 0 N–H and O–H groups in total. The molecule has 1 heterocycles. The third kappa shape index (κ3) is 1.33. The van der Waals surface area contributed by atoms with E-state index in [2.05, 4.69) is 15.9 Å². The van der Waals surface area contributed by atoms with Crippen LogP contribution in [0.3, 0.4) is 0 Å². The first kappa shape index (κ1) is 8.05. The Balaban J connectivity index is 2.24. The molecule has 0 amide bonds. The van der Waals surface area contributed by atoms with E-state index in [4.69, 9.17) is 4.42 Å². The highest BCUT2D eigenvalue weighted by molar-refractivity contribution is 9.10. The number of carbonyl (C=O) groups excluding carboxylic acids is 1. The minimum Gasteiger partial charge on any atom is -0.454 e. The van der Waals surface area contributed by atoms with Gasteiger partial charge in [0.2, 0.25) is 0 Å². The van der Waals surface area contributed by atoms with Gasteiger partial charge in [-0.15, -0.1) is 0 Å². The average Bonchev–Trinajstić information content (AvgIpc) is 2.58. The molecule has 1 atom stereocenters. The Morgan fingerprint density at radius 2 is 2.33 bits per heavy atom. The zero-order valence-electron chi connectivity index (χ0n) is 6.55. The van der Waals surface area contributed by atoms with Crippen LogP contribution in [0.15, 0.2) is 21.2 Å². The van der Waals surface area contributed by atoms with E-state index in [1.807, 2.05) is 12.1 Å². The van der Waals surface area contributed by atoms with Gasteiger partial charge in [-0.05, 0) is 40.9 Å². The largest absolute Gasteiger partial charge is 0.454 e. The van der Waals surface area contributed by atoms with Gasteiger partial charge in [0.1, 0.15) is 11.5 Å². The third-order valence-corrected chi connectivity index (χ3v) is 2.67. The number of halogens is 1. The highest BCUT2D eigenvalue weighted by atomic mass is 79.9. The van der Waals surface area contributed by atoms with Crippen LogP contribution in [0, 0.1) is 0 Å². The Morgan fingerprint density at radius 1 is 1.50 bits per heavy atom. The molecule has 0 bridgehead atoms. The molecule has 12 heavy (non-hydrogen) atoms. The second-order valence-corrected chi connectivity index (χ2v) is 3.83. The summed E-state index contributed by atoms with van der Waals surface area (Å²) in [5.41, 5.74) is 0. The molecule has 1 fully saturated rings. The minimum absolute atomic E-state index is 0.0244. The number of ketones is 1. The Kier molecular flexibility index (Phi) is 2.05. The van der Waals surface area contributed by atoms with Crippen LogP contribution in [-0.2, 0) is 4.79 Å². The normalized spacial score (nSPS) is 23.4. The van der Waals surface area contributed by atoms with Crippen molar-refractivity contribution in [3.63, 3.8) is 0 Å². The molecule has 0 saturated heterocycles. The van der Waals surface area contributed by atoms with Crippen LogP contribution in [0.25, 0.3) is 0 Å². The number of Topliss-reactive ketones (excluding diaryl/α,β-unsaturated/α-hetero) is 1. The molecule has 2 rings (SSSR count). The summed E-state index contributed by atoms with van der Waals surface area (Å²) in [6.07, 6.45) is 2.66. The molecule has 64 valence electrons. The van der Waals surface area contributed by atoms with Crippen LogP contribution in [0.4, 0.5) is 0 Å². The van der Waals surface area contributed by atoms with Gasteiger partial charge in [0.05, 0.1) is 5.92 Å². The summed E-state index contributed by atoms with van der Waals surface area (Å²) < 4.78 is 6.04. The smallest absolute Gasteiger partial charge is 0.169 e. The van der Waals surface area contributed by atoms with E-state index in [0.717, 1.165) is 18.6 Å². The van der Waals surface area contributed by atoms with Gasteiger partial charge in [-0.25, -0.2) is 0 Å². The number of furan rings is 1. The van der Waals surface area contributed by atoms with Gasteiger partial charge in [0.15, 0.2) is 4.67 Å². The Bertz CT molecular complexity index is 303. The average molecular weight is 229 g/mol. The molecular weight excluding hydrogens is 220 g/mol. The van der Waals surface area contributed by atoms with Crippen molar-refractivity contribution < 1.29 is 9.21 Å². The van der Waals surface area contributed by atoms with Gasteiger partial charge >= 0.3 is 0 Å². The zero-order chi connectivity index (χ0) is 8.55. The SMILES string of the molecule is O=C1CCCC1c1ccc(Br)o1. The molecule has 3 heteroatoms. The first-order valence-corrected chi connectivity index (χ1v) is 4.84. The van der Waals surface area contributed by atoms with Crippen LogP contribution in [-0.4, -0.2) is 5.78 Å². The van der Waals surface area contributed by atoms with Crippen molar-refractivity contribution in [3.05, 3.63) is 22.6 Å². The summed E-state index contributed by atoms with van der Waals surface area (Å²) in [5, 5.41) is 0. The molecular formula is C9H9BrO2. The lowest BCUT2D eigenvalue weighted by Crippen LogP contribution is -2.02. The summed E-state index contributed by atoms with van der Waals surface area (Å²) in [6, 6.07) is 3.71. The lowest BCUT2D eigenvalue weighted by molar-refractivity contribution is -0.118. The fourth-order valence-electron chi connectivity index (χ4n) is 1.63. The third-order valence-electron chi connectivity index (χ3n) is 2.24. The molecule has 0 radical (unpaired) electrons. The zero-order valence-corrected chi connectivity index (χ0v) is 8.13. The first-order valence-electron chi connectivity index (χ1n) is 4.05. The second kappa shape index (κ2) is 3.05. The van der Waals surface area contributed by atoms with Gasteiger partial charge < -0.3 is 4.42 Å². The van der Waals surface area contributed by atoms with Crippen molar-refractivity contribution in [2.24, 2.45) is 0 Å². The maximum absolute atomic E-state index is 11.3. The quantitative estimate of drug-likeness (QED) is 0.741. The monoisotopic (exact) mass is 228 g/mol. The van der Waals surface area contributed by atoms with E-state index in [1.165, 1.54) is 0 Å². The molecule has 1 unspecified atom stereocenters. The van der Waals surface area contributed by atoms with Gasteiger partial charge in [-0.3, -0.25) is 4.79 Å². The lowest BCUT2D eigenvalue weighted by atomic mass is 10.1. The van der Waals surface area contributed by atoms with Gasteiger partial charge in [-0.1, -0.05) is 0 Å². The molecule has 2 nitrogen and oxygen atoms in total. The highest BCUT2D eigenvalue weighted by Gasteiger charge is 2.28. The predicted octanol–water partition coefficient (Wildman–Crippen LogP) is 2.88. The maximum Gasteiger partial charge on any atom is 0.169 e. The van der Waals surface area contributed by atoms with Crippen molar-refractivity contribution in [1.82, 2.24) is 0 Å². The molecule has 0 aromatic carbocycles. The first-order chi connectivity index (χ1) is 5.77. The Hall–Kier alpha value is -0.570. The number of rotatable bonds is 1. The van der Waals surface area contributed by atoms with E-state index < -0.39 is 0 Å². The maximum atomic E-state index is 11.3. The van der Waals surface area contributed by atoms with Gasteiger partial charge in [0.25, 0.3) is 0 Å². The summed E-state index contributed by atoms with van der Waals surface area (Å²) in [6.45, 7) is 0. The van der Waals surface area contributed by atoms with Crippen molar-refractivity contribution in [1.29, 1.82) is 0 Å². The fourth-order valence-corrected chi connectivity index (χ4v) is 1.95. The molecule has 0 aliphatic heterocycles. The van der Waals surface area contributed by atoms with Gasteiger partial charge in [-0.2, -0.15) is 0 Å². The minimum atomic E-state index is 0.0244. The number of hydrogen-bond donors (Lipinski definition) is 0. The highest BCUT2D eigenvalue weighted by Crippen LogP contribution is 2.32. The second-order valence-electron chi connectivity index (χ2n) is 3.05. The van der Waals surface area contributed by atoms with Crippen LogP contribution in [0.1, 0.15) is 30.9 Å². The summed E-state index contributed by atoms with van der Waals surface area (Å²) >= 11 is 3.22. The molecule has 1 aromatic heterocycles. The summed E-state index contributed by atoms with van der Waals surface area (Å²) in [5.74, 6) is 1.15. The van der Waals surface area contributed by atoms with E-state index >= 15 is 0 Å². The standard InChI is InChI=1S/C9H9BrO2/c10-9-5-4-8(12-9)6-2-1-3-7(6)11/h4-6H,1-3H2. The molecule has 1 saturated carbocycles. The van der Waals surface area contributed by atoms with E-state index in [1.54, 1.807) is 0 Å². The van der Waals surface area contributed by atoms with E-state index in [0.29, 0.717) is 16.9 Å². The molecule has 1 aliphatic carbocycles. The lowest BCUT2D eigenvalue weighted by Gasteiger charge is -2.01. The van der Waals surface area contributed by atoms with Crippen molar-refractivity contribution in [3.8, 4) is 0 Å². The summed E-state index contributed by atoms with van der Waals surface area (Å²) in [4.78, 5) is 11.3. The van der Waals surface area contributed by atoms with Crippen molar-refractivity contribution >= 4 is 21.7 Å². The summed E-state index contributed by atoms with van der Waals surface area (Å²) in [7, 11) is 0. The number of hydrogen-bond acceptors (Lipinski definition) is 2. The predicted molar refractivity (Wildman–Crippen MR) is 48.0 cm³/mol.